The van der Waals surface area contributed by atoms with Gasteiger partial charge in [0.25, 0.3) is 15.7 Å². The Morgan fingerprint density at radius 1 is 1.07 bits per heavy atom. The third-order valence-electron chi connectivity index (χ3n) is 6.64. The topological polar surface area (TPSA) is 139 Å². The molecule has 0 aliphatic carbocycles. The van der Waals surface area contributed by atoms with Crippen LogP contribution in [0.1, 0.15) is 31.4 Å². The molecule has 11 nitrogen and oxygen atoms in total. The van der Waals surface area contributed by atoms with E-state index in [0.29, 0.717) is 22.9 Å². The van der Waals surface area contributed by atoms with Gasteiger partial charge in [-0.05, 0) is 62.2 Å². The molecule has 0 fully saturated rings. The Morgan fingerprint density at radius 2 is 1.74 bits per heavy atom. The zero-order chi connectivity index (χ0) is 31.0. The van der Waals surface area contributed by atoms with E-state index in [2.05, 4.69) is 5.32 Å². The van der Waals surface area contributed by atoms with Gasteiger partial charge in [-0.1, -0.05) is 42.8 Å². The molecule has 0 radical (unpaired) electrons. The van der Waals surface area contributed by atoms with Gasteiger partial charge < -0.3 is 15.0 Å². The van der Waals surface area contributed by atoms with Crippen LogP contribution in [0.2, 0.25) is 5.02 Å². The highest BCUT2D eigenvalue weighted by Crippen LogP contribution is 2.30. The van der Waals surface area contributed by atoms with Crippen LogP contribution in [-0.4, -0.2) is 56.3 Å². The molecule has 1 atom stereocenters. The van der Waals surface area contributed by atoms with Crippen molar-refractivity contribution in [2.24, 2.45) is 0 Å². The lowest BCUT2D eigenvalue weighted by molar-refractivity contribution is -0.385. The maximum Gasteiger partial charge on any atom is 0.273 e. The maximum absolute atomic E-state index is 14.0. The molecule has 0 aliphatic rings. The number of likely N-dealkylation sites (N-methyl/N-ethyl adjacent to an activating group) is 1. The largest absolute Gasteiger partial charge is 0.497 e. The van der Waals surface area contributed by atoms with Gasteiger partial charge >= 0.3 is 0 Å². The molecule has 224 valence electrons. The molecule has 42 heavy (non-hydrogen) atoms. The second-order valence-corrected chi connectivity index (χ2v) is 11.6. The average Bonchev–Trinajstić information content (AvgIpc) is 2.96. The van der Waals surface area contributed by atoms with Gasteiger partial charge in [-0.3, -0.25) is 24.0 Å². The number of carbonyl (C=O) groups is 2. The second kappa shape index (κ2) is 14.1. The number of ether oxygens (including phenoxy) is 1. The highest BCUT2D eigenvalue weighted by Gasteiger charge is 2.34. The number of benzene rings is 3. The Hall–Kier alpha value is -4.16. The first-order valence-corrected chi connectivity index (χ1v) is 15.0. The number of nitro groups is 1. The summed E-state index contributed by atoms with van der Waals surface area (Å²) in [7, 11) is -3.05. The summed E-state index contributed by atoms with van der Waals surface area (Å²) in [4.78, 5) is 38.9. The molecule has 3 rings (SSSR count). The van der Waals surface area contributed by atoms with Crippen LogP contribution < -0.4 is 14.4 Å². The highest BCUT2D eigenvalue weighted by molar-refractivity contribution is 7.92. The first-order valence-electron chi connectivity index (χ1n) is 13.2. The van der Waals surface area contributed by atoms with Crippen LogP contribution in [0, 0.1) is 17.0 Å². The van der Waals surface area contributed by atoms with E-state index in [1.165, 1.54) is 55.3 Å². The third-order valence-corrected chi connectivity index (χ3v) is 8.78. The Kier molecular flexibility index (Phi) is 10.9. The molecule has 0 saturated heterocycles. The Balaban J connectivity index is 2.13. The van der Waals surface area contributed by atoms with Gasteiger partial charge in [0.2, 0.25) is 11.8 Å². The molecule has 3 aromatic carbocycles. The van der Waals surface area contributed by atoms with Crippen molar-refractivity contribution in [2.45, 2.75) is 44.7 Å². The number of nitrogens with zero attached hydrogens (tertiary/aromatic N) is 3. The van der Waals surface area contributed by atoms with Crippen LogP contribution in [-0.2, 0) is 26.2 Å². The zero-order valence-corrected chi connectivity index (χ0v) is 25.3. The molecule has 0 heterocycles. The molecular formula is C29H33ClN4O7S. The van der Waals surface area contributed by atoms with E-state index in [4.69, 9.17) is 16.3 Å². The lowest BCUT2D eigenvalue weighted by atomic mass is 10.1. The van der Waals surface area contributed by atoms with Gasteiger partial charge in [0.15, 0.2) is 0 Å². The number of carbonyl (C=O) groups excluding carboxylic acids is 2. The Bertz CT molecular complexity index is 1550. The van der Waals surface area contributed by atoms with Crippen molar-refractivity contribution in [3.63, 3.8) is 0 Å². The number of methoxy groups -OCH3 is 1. The van der Waals surface area contributed by atoms with Gasteiger partial charge in [-0.15, -0.1) is 0 Å². The standard InChI is InChI=1S/C29H33ClN4O7S/c1-5-26(29(36)31-6-2)32(18-21-9-7-8-10-25(21)30)28(35)19-33(22-12-14-23(41-4)15-13-22)42(39,40)24-16-11-20(3)27(17-24)34(37)38/h7-17,26H,5-6,18-19H2,1-4H3,(H,31,36). The molecule has 0 saturated carbocycles. The number of halogens is 1. The zero-order valence-electron chi connectivity index (χ0n) is 23.7. The fourth-order valence-corrected chi connectivity index (χ4v) is 6.00. The molecular weight excluding hydrogens is 584 g/mol. The number of rotatable bonds is 13. The predicted molar refractivity (Wildman–Crippen MR) is 160 cm³/mol. The van der Waals surface area contributed by atoms with E-state index in [1.54, 1.807) is 38.1 Å². The second-order valence-electron chi connectivity index (χ2n) is 9.35. The van der Waals surface area contributed by atoms with Gasteiger partial charge in [0.05, 0.1) is 22.6 Å². The molecule has 1 unspecified atom stereocenters. The smallest absolute Gasteiger partial charge is 0.273 e. The molecule has 0 bridgehead atoms. The number of hydrogen-bond donors (Lipinski definition) is 1. The van der Waals surface area contributed by atoms with Crippen LogP contribution in [0.25, 0.3) is 0 Å². The van der Waals surface area contributed by atoms with Crippen molar-refractivity contribution in [3.05, 3.63) is 93.0 Å². The molecule has 0 spiro atoms. The van der Waals surface area contributed by atoms with Crippen LogP contribution in [0.15, 0.2) is 71.6 Å². The molecule has 0 aliphatic heterocycles. The van der Waals surface area contributed by atoms with Crippen LogP contribution >= 0.6 is 11.6 Å². The molecule has 3 aromatic rings. The third kappa shape index (κ3) is 7.37. The fourth-order valence-electron chi connectivity index (χ4n) is 4.37. The quantitative estimate of drug-likeness (QED) is 0.217. The van der Waals surface area contributed by atoms with Gasteiger partial charge in [0.1, 0.15) is 18.3 Å². The molecule has 2 amide bonds. The average molecular weight is 617 g/mol. The Morgan fingerprint density at radius 3 is 2.31 bits per heavy atom. The van der Waals surface area contributed by atoms with E-state index < -0.39 is 39.3 Å². The van der Waals surface area contributed by atoms with Gasteiger partial charge in [-0.25, -0.2) is 8.42 Å². The highest BCUT2D eigenvalue weighted by atomic mass is 35.5. The summed E-state index contributed by atoms with van der Waals surface area (Å²) >= 11 is 6.39. The monoisotopic (exact) mass is 616 g/mol. The first-order chi connectivity index (χ1) is 19.9. The number of amides is 2. The molecule has 13 heteroatoms. The summed E-state index contributed by atoms with van der Waals surface area (Å²) in [6.07, 6.45) is 0.251. The number of anilines is 1. The van der Waals surface area contributed by atoms with Crippen molar-refractivity contribution in [1.29, 1.82) is 0 Å². The Labute approximate surface area is 250 Å². The number of sulfonamides is 1. The van der Waals surface area contributed by atoms with Crippen molar-refractivity contribution in [1.82, 2.24) is 10.2 Å². The van der Waals surface area contributed by atoms with Gasteiger partial charge in [-0.2, -0.15) is 0 Å². The first kappa shape index (κ1) is 32.4. The summed E-state index contributed by atoms with van der Waals surface area (Å²) < 4.78 is 34.1. The minimum atomic E-state index is -4.51. The van der Waals surface area contributed by atoms with E-state index in [0.717, 1.165) is 10.4 Å². The normalized spacial score (nSPS) is 11.8. The lowest BCUT2D eigenvalue weighted by Gasteiger charge is -2.33. The van der Waals surface area contributed by atoms with Crippen molar-refractivity contribution in [3.8, 4) is 5.75 Å². The van der Waals surface area contributed by atoms with Gasteiger partial charge in [0, 0.05) is 29.7 Å². The minimum Gasteiger partial charge on any atom is -0.497 e. The number of nitro benzene ring substituents is 1. The summed E-state index contributed by atoms with van der Waals surface area (Å²) in [5.74, 6) is -0.613. The van der Waals surface area contributed by atoms with E-state index in [9.17, 15) is 28.1 Å². The number of aryl methyl sites for hydroxylation is 1. The summed E-state index contributed by atoms with van der Waals surface area (Å²) in [6.45, 7) is 4.58. The van der Waals surface area contributed by atoms with E-state index in [1.807, 2.05) is 0 Å². The molecule has 0 aromatic heterocycles. The molecule has 1 N–H and O–H groups in total. The lowest BCUT2D eigenvalue weighted by Crippen LogP contribution is -2.52. The predicted octanol–water partition coefficient (Wildman–Crippen LogP) is 4.70. The summed E-state index contributed by atoms with van der Waals surface area (Å²) in [6, 6.07) is 15.5. The van der Waals surface area contributed by atoms with Crippen LogP contribution in [0.5, 0.6) is 5.75 Å². The van der Waals surface area contributed by atoms with E-state index >= 15 is 0 Å². The summed E-state index contributed by atoms with van der Waals surface area (Å²) in [5, 5.41) is 14.7. The minimum absolute atomic E-state index is 0.0549. The van der Waals surface area contributed by atoms with Crippen molar-refractivity contribution in [2.75, 3.05) is 24.5 Å². The number of hydrogen-bond acceptors (Lipinski definition) is 7. The number of nitrogens with one attached hydrogen (secondary N) is 1. The maximum atomic E-state index is 14.0. The van der Waals surface area contributed by atoms with Crippen molar-refractivity contribution >= 4 is 44.8 Å². The summed E-state index contributed by atoms with van der Waals surface area (Å²) in [5.41, 5.74) is 0.601. The van der Waals surface area contributed by atoms with Crippen LogP contribution in [0.4, 0.5) is 11.4 Å². The van der Waals surface area contributed by atoms with Crippen molar-refractivity contribution < 1.29 is 27.7 Å². The fraction of sp³-hybridized carbons (Fsp3) is 0.310. The van der Waals surface area contributed by atoms with Crippen LogP contribution in [0.3, 0.4) is 0 Å². The van der Waals surface area contributed by atoms with E-state index in [-0.39, 0.29) is 34.8 Å². The SMILES string of the molecule is CCNC(=O)C(CC)N(Cc1ccccc1Cl)C(=O)CN(c1ccc(OC)cc1)S(=O)(=O)c1ccc(C)c([N+](=O)[O-])c1.